The molecule has 0 aliphatic heterocycles. The van der Waals surface area contributed by atoms with Gasteiger partial charge in [-0.3, -0.25) is 30.4 Å². The van der Waals surface area contributed by atoms with Crippen LogP contribution in [-0.2, 0) is 4.79 Å². The second kappa shape index (κ2) is 5.33. The number of ketones is 1. The number of Topliss-reactive ketones (excluding diaryl/α,β-unsaturated/α-hetero) is 1. The summed E-state index contributed by atoms with van der Waals surface area (Å²) >= 11 is 0. The molecule has 132 valence electrons. The van der Waals surface area contributed by atoms with Gasteiger partial charge in [0.1, 0.15) is 11.4 Å². The van der Waals surface area contributed by atoms with E-state index >= 15 is 0 Å². The Labute approximate surface area is 143 Å². The Kier molecular flexibility index (Phi) is 3.63. The van der Waals surface area contributed by atoms with Gasteiger partial charge in [0, 0.05) is 17.4 Å². The van der Waals surface area contributed by atoms with Crippen LogP contribution in [0.4, 0.5) is 17.1 Å². The van der Waals surface area contributed by atoms with Gasteiger partial charge in [-0.2, -0.15) is 5.10 Å². The first-order valence-corrected chi connectivity index (χ1v) is 7.91. The van der Waals surface area contributed by atoms with E-state index in [4.69, 9.17) is 0 Å². The molecule has 0 amide bonds. The SMILES string of the molecule is CC1(C)[C@H]2CC[C@]1(C)C(=NNc1ccc([N+](=O)[O-])cc1[N+](=O)[O-])C2=O. The minimum atomic E-state index is -0.718. The summed E-state index contributed by atoms with van der Waals surface area (Å²) in [5.41, 5.74) is 1.54. The van der Waals surface area contributed by atoms with Crippen LogP contribution in [-0.4, -0.2) is 21.3 Å². The van der Waals surface area contributed by atoms with Crippen LogP contribution in [0.1, 0.15) is 33.6 Å². The quantitative estimate of drug-likeness (QED) is 0.658. The van der Waals surface area contributed by atoms with Crippen molar-refractivity contribution in [2.45, 2.75) is 33.6 Å². The Morgan fingerprint density at radius 3 is 2.40 bits per heavy atom. The molecular formula is C16H18N4O5. The fourth-order valence-corrected chi connectivity index (χ4v) is 3.99. The maximum atomic E-state index is 12.6. The Balaban J connectivity index is 1.97. The molecule has 1 aromatic rings. The van der Waals surface area contributed by atoms with Gasteiger partial charge in [-0.15, -0.1) is 0 Å². The van der Waals surface area contributed by atoms with E-state index in [1.165, 1.54) is 6.07 Å². The van der Waals surface area contributed by atoms with Gasteiger partial charge < -0.3 is 0 Å². The molecule has 1 N–H and O–H groups in total. The summed E-state index contributed by atoms with van der Waals surface area (Å²) in [5.74, 6) is -0.124. The molecule has 2 fully saturated rings. The smallest absolute Gasteiger partial charge is 0.292 e. The first-order valence-electron chi connectivity index (χ1n) is 7.91. The number of non-ortho nitro benzene ring substituents is 1. The summed E-state index contributed by atoms with van der Waals surface area (Å²) < 4.78 is 0. The van der Waals surface area contributed by atoms with Gasteiger partial charge >= 0.3 is 5.69 Å². The van der Waals surface area contributed by atoms with Crippen molar-refractivity contribution in [3.8, 4) is 0 Å². The third-order valence-corrected chi connectivity index (χ3v) is 5.98. The lowest BCUT2D eigenvalue weighted by atomic mass is 9.70. The minimum Gasteiger partial charge on any atom is -0.292 e. The first kappa shape index (κ1) is 17.0. The lowest BCUT2D eigenvalue weighted by Gasteiger charge is -2.33. The molecule has 1 aromatic carbocycles. The first-order chi connectivity index (χ1) is 11.6. The predicted molar refractivity (Wildman–Crippen MR) is 90.4 cm³/mol. The number of benzene rings is 1. The number of carbonyl (C=O) groups excluding carboxylic acids is 1. The monoisotopic (exact) mass is 346 g/mol. The molecule has 0 radical (unpaired) electrons. The predicted octanol–water partition coefficient (Wildman–Crippen LogP) is 3.30. The van der Waals surface area contributed by atoms with Crippen LogP contribution in [0.5, 0.6) is 0 Å². The van der Waals surface area contributed by atoms with Crippen LogP contribution in [0.25, 0.3) is 0 Å². The van der Waals surface area contributed by atoms with Crippen molar-refractivity contribution in [1.82, 2.24) is 0 Å². The number of nitro benzene ring substituents is 2. The number of rotatable bonds is 4. The minimum absolute atomic E-state index is 0.0140. The number of hydrazone groups is 1. The van der Waals surface area contributed by atoms with Gasteiger partial charge in [0.2, 0.25) is 0 Å². The zero-order valence-corrected chi connectivity index (χ0v) is 14.1. The molecule has 9 heteroatoms. The molecule has 2 aliphatic carbocycles. The molecular weight excluding hydrogens is 328 g/mol. The van der Waals surface area contributed by atoms with Crippen LogP contribution >= 0.6 is 0 Å². The maximum Gasteiger partial charge on any atom is 0.301 e. The fourth-order valence-electron chi connectivity index (χ4n) is 3.99. The van der Waals surface area contributed by atoms with Gasteiger partial charge in [-0.25, -0.2) is 0 Å². The van der Waals surface area contributed by atoms with Crippen LogP contribution < -0.4 is 5.43 Å². The van der Waals surface area contributed by atoms with Crippen molar-refractivity contribution in [3.63, 3.8) is 0 Å². The van der Waals surface area contributed by atoms with Crippen molar-refractivity contribution in [1.29, 1.82) is 0 Å². The summed E-state index contributed by atoms with van der Waals surface area (Å²) in [7, 11) is 0. The number of hydrogen-bond acceptors (Lipinski definition) is 7. The number of nitrogens with one attached hydrogen (secondary N) is 1. The second-order valence-corrected chi connectivity index (χ2v) is 7.30. The van der Waals surface area contributed by atoms with Crippen molar-refractivity contribution < 1.29 is 14.6 Å². The van der Waals surface area contributed by atoms with Gasteiger partial charge in [0.05, 0.1) is 15.9 Å². The Bertz CT molecular complexity index is 832. The highest BCUT2D eigenvalue weighted by Crippen LogP contribution is 2.62. The summed E-state index contributed by atoms with van der Waals surface area (Å²) in [5, 5.41) is 26.2. The van der Waals surface area contributed by atoms with Gasteiger partial charge in [-0.05, 0) is 24.3 Å². The average Bonchev–Trinajstić information content (AvgIpc) is 2.84. The van der Waals surface area contributed by atoms with Crippen molar-refractivity contribution in [2.75, 3.05) is 5.43 Å². The normalized spacial score (nSPS) is 28.4. The third-order valence-electron chi connectivity index (χ3n) is 5.98. The number of fused-ring (bicyclic) bond motifs is 2. The molecule has 2 aliphatic rings. The van der Waals surface area contributed by atoms with Crippen LogP contribution in [0, 0.1) is 37.0 Å². The van der Waals surface area contributed by atoms with Crippen LogP contribution in [0.15, 0.2) is 23.3 Å². The molecule has 0 spiro atoms. The van der Waals surface area contributed by atoms with Crippen LogP contribution in [0.3, 0.4) is 0 Å². The topological polar surface area (TPSA) is 128 Å². The molecule has 25 heavy (non-hydrogen) atoms. The highest BCUT2D eigenvalue weighted by molar-refractivity contribution is 6.45. The lowest BCUT2D eigenvalue weighted by molar-refractivity contribution is -0.393. The molecule has 0 heterocycles. The lowest BCUT2D eigenvalue weighted by Crippen LogP contribution is -2.34. The van der Waals surface area contributed by atoms with Crippen molar-refractivity contribution >= 4 is 28.6 Å². The van der Waals surface area contributed by atoms with Crippen molar-refractivity contribution in [2.24, 2.45) is 21.8 Å². The third kappa shape index (κ3) is 2.30. The zero-order chi connectivity index (χ0) is 18.6. The highest BCUT2D eigenvalue weighted by atomic mass is 16.6. The number of nitro groups is 2. The van der Waals surface area contributed by atoms with E-state index in [0.29, 0.717) is 5.71 Å². The van der Waals surface area contributed by atoms with Gasteiger partial charge in [-0.1, -0.05) is 20.8 Å². The number of anilines is 1. The molecule has 3 rings (SSSR count). The van der Waals surface area contributed by atoms with E-state index in [1.54, 1.807) is 0 Å². The molecule has 0 saturated heterocycles. The van der Waals surface area contributed by atoms with E-state index in [9.17, 15) is 25.0 Å². The summed E-state index contributed by atoms with van der Waals surface area (Å²) in [4.78, 5) is 33.1. The van der Waals surface area contributed by atoms with Crippen LogP contribution in [0.2, 0.25) is 0 Å². The van der Waals surface area contributed by atoms with E-state index in [1.807, 2.05) is 20.8 Å². The molecule has 2 saturated carbocycles. The summed E-state index contributed by atoms with van der Waals surface area (Å²) in [6.45, 7) is 6.07. The molecule has 2 bridgehead atoms. The zero-order valence-electron chi connectivity index (χ0n) is 14.1. The number of nitrogens with zero attached hydrogens (tertiary/aromatic N) is 3. The molecule has 0 aromatic heterocycles. The van der Waals surface area contributed by atoms with E-state index in [2.05, 4.69) is 10.5 Å². The van der Waals surface area contributed by atoms with Gasteiger partial charge in [0.15, 0.2) is 5.78 Å². The highest BCUT2D eigenvalue weighted by Gasteiger charge is 2.65. The Morgan fingerprint density at radius 1 is 1.20 bits per heavy atom. The summed E-state index contributed by atoms with van der Waals surface area (Å²) in [6, 6.07) is 3.26. The fraction of sp³-hybridized carbons (Fsp3) is 0.500. The molecule has 2 atom stereocenters. The van der Waals surface area contributed by atoms with E-state index in [-0.39, 0.29) is 28.5 Å². The second-order valence-electron chi connectivity index (χ2n) is 7.30. The van der Waals surface area contributed by atoms with E-state index in [0.717, 1.165) is 25.0 Å². The molecule has 9 nitrogen and oxygen atoms in total. The maximum absolute atomic E-state index is 12.6. The number of carbonyl (C=O) groups is 1. The number of hydrogen-bond donors (Lipinski definition) is 1. The van der Waals surface area contributed by atoms with E-state index < -0.39 is 20.9 Å². The van der Waals surface area contributed by atoms with Gasteiger partial charge in [0.25, 0.3) is 5.69 Å². The van der Waals surface area contributed by atoms with Crippen molar-refractivity contribution in [3.05, 3.63) is 38.4 Å². The molecule has 0 unspecified atom stereocenters. The largest absolute Gasteiger partial charge is 0.301 e. The summed E-state index contributed by atoms with van der Waals surface area (Å²) in [6.07, 6.45) is 1.65. The standard InChI is InChI=1S/C16H18N4O5/c1-15(2)10-6-7-16(15,3)14(13(10)21)18-17-11-5-4-9(19(22)23)8-12(11)20(24)25/h4-5,8,10,17H,6-7H2,1-3H3/t10-,16+/m0/s1. The Morgan fingerprint density at radius 2 is 1.88 bits per heavy atom. The Hall–Kier alpha value is -2.84. The average molecular weight is 346 g/mol.